The SMILES string of the molecule is O=C(O)c1ccc(CC(=O)[C@H](Cc2ccccc2)n2cnc(-c3c(-n4cc(Cl)nn4)ccc(Cl)c3F)cc2=O)cc1. The van der Waals surface area contributed by atoms with Crippen molar-refractivity contribution in [2.75, 3.05) is 0 Å². The van der Waals surface area contributed by atoms with Crippen molar-refractivity contribution in [3.8, 4) is 16.9 Å². The minimum Gasteiger partial charge on any atom is -0.478 e. The number of carbonyl (C=O) groups excluding carboxylic acids is 1. The van der Waals surface area contributed by atoms with Crippen LogP contribution in [-0.2, 0) is 17.6 Å². The highest BCUT2D eigenvalue weighted by molar-refractivity contribution is 6.31. The minimum atomic E-state index is -1.08. The molecule has 206 valence electrons. The van der Waals surface area contributed by atoms with Crippen LogP contribution in [0.5, 0.6) is 0 Å². The number of halogens is 3. The molecule has 5 aromatic rings. The standard InChI is InChI=1S/C29H20Cl2FN5O4/c30-20-10-11-22(37-15-25(31)34-35-37)27(28(20)32)21-14-26(39)36(16-33-21)23(12-17-4-2-1-3-5-17)24(38)13-18-6-8-19(9-7-18)29(40)41/h1-11,14-16,23H,12-13H2,(H,40,41)/t23-/m0/s1. The highest BCUT2D eigenvalue weighted by atomic mass is 35.5. The number of aromatic carboxylic acids is 1. The summed E-state index contributed by atoms with van der Waals surface area (Å²) in [5, 5.41) is 16.6. The summed E-state index contributed by atoms with van der Waals surface area (Å²) in [4.78, 5) is 42.6. The van der Waals surface area contributed by atoms with Gasteiger partial charge in [0, 0.05) is 18.9 Å². The van der Waals surface area contributed by atoms with Crippen LogP contribution >= 0.6 is 23.2 Å². The van der Waals surface area contributed by atoms with Crippen LogP contribution in [-0.4, -0.2) is 41.4 Å². The number of benzene rings is 3. The number of ketones is 1. The van der Waals surface area contributed by atoms with Gasteiger partial charge in [0.15, 0.2) is 16.8 Å². The van der Waals surface area contributed by atoms with E-state index in [4.69, 9.17) is 28.3 Å². The Bertz CT molecular complexity index is 1810. The van der Waals surface area contributed by atoms with Crippen LogP contribution in [0.4, 0.5) is 4.39 Å². The minimum absolute atomic E-state index is 0.0250. The Kier molecular flexibility index (Phi) is 8.04. The average Bonchev–Trinajstić information content (AvgIpc) is 3.40. The predicted octanol–water partition coefficient (Wildman–Crippen LogP) is 5.23. The Morgan fingerprint density at radius 2 is 1.71 bits per heavy atom. The molecule has 3 aromatic carbocycles. The summed E-state index contributed by atoms with van der Waals surface area (Å²) in [7, 11) is 0. The molecule has 0 aliphatic rings. The molecule has 0 spiro atoms. The number of rotatable bonds is 9. The molecule has 2 aromatic heterocycles. The first kappa shape index (κ1) is 27.9. The fourth-order valence-corrected chi connectivity index (χ4v) is 4.69. The van der Waals surface area contributed by atoms with Crippen molar-refractivity contribution in [3.63, 3.8) is 0 Å². The lowest BCUT2D eigenvalue weighted by Gasteiger charge is -2.19. The van der Waals surface area contributed by atoms with Crippen molar-refractivity contribution in [1.29, 1.82) is 0 Å². The maximum Gasteiger partial charge on any atom is 0.335 e. The van der Waals surface area contributed by atoms with E-state index in [0.717, 1.165) is 11.6 Å². The van der Waals surface area contributed by atoms with Gasteiger partial charge in [0.25, 0.3) is 5.56 Å². The average molecular weight is 592 g/mol. The van der Waals surface area contributed by atoms with E-state index in [1.165, 1.54) is 46.0 Å². The summed E-state index contributed by atoms with van der Waals surface area (Å²) < 4.78 is 17.7. The zero-order chi connectivity index (χ0) is 29.1. The first-order valence-electron chi connectivity index (χ1n) is 12.2. The molecule has 5 rings (SSSR count). The molecule has 1 N–H and O–H groups in total. The van der Waals surface area contributed by atoms with E-state index in [1.807, 2.05) is 30.3 Å². The van der Waals surface area contributed by atoms with Gasteiger partial charge in [0.1, 0.15) is 6.04 Å². The largest absolute Gasteiger partial charge is 0.478 e. The van der Waals surface area contributed by atoms with Crippen LogP contribution in [0.3, 0.4) is 0 Å². The summed E-state index contributed by atoms with van der Waals surface area (Å²) in [5.41, 5.74) is 1.00. The number of hydrogen-bond donors (Lipinski definition) is 1. The lowest BCUT2D eigenvalue weighted by Crippen LogP contribution is -2.32. The Labute approximate surface area is 242 Å². The maximum absolute atomic E-state index is 15.3. The van der Waals surface area contributed by atoms with E-state index >= 15 is 4.39 Å². The molecule has 0 aliphatic heterocycles. The molecular formula is C29H20Cl2FN5O4. The Hall–Kier alpha value is -4.67. The van der Waals surface area contributed by atoms with Gasteiger partial charge >= 0.3 is 5.97 Å². The Morgan fingerprint density at radius 3 is 2.34 bits per heavy atom. The molecule has 0 saturated carbocycles. The smallest absolute Gasteiger partial charge is 0.335 e. The normalized spacial score (nSPS) is 11.8. The molecule has 9 nitrogen and oxygen atoms in total. The molecule has 0 aliphatic carbocycles. The maximum atomic E-state index is 15.3. The molecule has 2 heterocycles. The van der Waals surface area contributed by atoms with Crippen LogP contribution in [0.1, 0.15) is 27.5 Å². The number of carbonyl (C=O) groups is 2. The van der Waals surface area contributed by atoms with Crippen LogP contribution in [0.15, 0.2) is 90.1 Å². The van der Waals surface area contributed by atoms with Gasteiger partial charge in [-0.25, -0.2) is 18.9 Å². The fraction of sp³-hybridized carbons (Fsp3) is 0.103. The lowest BCUT2D eigenvalue weighted by atomic mass is 9.97. The molecule has 0 unspecified atom stereocenters. The van der Waals surface area contributed by atoms with Crippen molar-refractivity contribution in [1.82, 2.24) is 24.5 Å². The predicted molar refractivity (Wildman–Crippen MR) is 150 cm³/mol. The Balaban J connectivity index is 1.54. The molecule has 0 saturated heterocycles. The van der Waals surface area contributed by atoms with E-state index in [9.17, 15) is 14.4 Å². The second kappa shape index (κ2) is 11.8. The van der Waals surface area contributed by atoms with Crippen LogP contribution in [0.25, 0.3) is 16.9 Å². The number of aromatic nitrogens is 5. The van der Waals surface area contributed by atoms with Gasteiger partial charge in [0.05, 0.1) is 40.1 Å². The molecule has 0 amide bonds. The van der Waals surface area contributed by atoms with Crippen molar-refractivity contribution in [2.45, 2.75) is 18.9 Å². The molecule has 12 heteroatoms. The fourth-order valence-electron chi connectivity index (χ4n) is 4.41. The summed E-state index contributed by atoms with van der Waals surface area (Å²) in [5.74, 6) is -2.18. The highest BCUT2D eigenvalue weighted by Gasteiger charge is 2.25. The molecular weight excluding hydrogens is 572 g/mol. The number of carboxylic acid groups (broad SMARTS) is 1. The molecule has 0 fully saturated rings. The third-order valence-electron chi connectivity index (χ3n) is 6.44. The first-order chi connectivity index (χ1) is 19.7. The molecule has 1 atom stereocenters. The Morgan fingerprint density at radius 1 is 0.976 bits per heavy atom. The zero-order valence-electron chi connectivity index (χ0n) is 21.1. The van der Waals surface area contributed by atoms with Crippen LogP contribution in [0, 0.1) is 5.82 Å². The van der Waals surface area contributed by atoms with Gasteiger partial charge in [-0.2, -0.15) is 0 Å². The van der Waals surface area contributed by atoms with Gasteiger partial charge in [0.2, 0.25) is 0 Å². The van der Waals surface area contributed by atoms with Crippen molar-refractivity contribution in [3.05, 3.63) is 128 Å². The van der Waals surface area contributed by atoms with Gasteiger partial charge in [-0.3, -0.25) is 14.2 Å². The first-order valence-corrected chi connectivity index (χ1v) is 13.0. The quantitative estimate of drug-likeness (QED) is 0.249. The van der Waals surface area contributed by atoms with Crippen molar-refractivity contribution in [2.24, 2.45) is 0 Å². The van der Waals surface area contributed by atoms with Crippen molar-refractivity contribution < 1.29 is 19.1 Å². The third kappa shape index (κ3) is 6.08. The van der Waals surface area contributed by atoms with E-state index in [2.05, 4.69) is 15.3 Å². The lowest BCUT2D eigenvalue weighted by molar-refractivity contribution is -0.121. The molecule has 0 bridgehead atoms. The van der Waals surface area contributed by atoms with Crippen molar-refractivity contribution >= 4 is 35.0 Å². The summed E-state index contributed by atoms with van der Waals surface area (Å²) in [6, 6.07) is 18.1. The molecule has 41 heavy (non-hydrogen) atoms. The third-order valence-corrected chi connectivity index (χ3v) is 6.90. The molecule has 0 radical (unpaired) electrons. The summed E-state index contributed by atoms with van der Waals surface area (Å²) in [6.45, 7) is 0. The van der Waals surface area contributed by atoms with Crippen LogP contribution < -0.4 is 5.56 Å². The second-order valence-electron chi connectivity index (χ2n) is 9.11. The summed E-state index contributed by atoms with van der Waals surface area (Å²) in [6.07, 6.45) is 2.72. The van der Waals surface area contributed by atoms with Gasteiger partial charge in [-0.15, -0.1) is 5.10 Å². The van der Waals surface area contributed by atoms with Crippen LogP contribution in [0.2, 0.25) is 10.2 Å². The van der Waals surface area contributed by atoms with Gasteiger partial charge < -0.3 is 5.11 Å². The number of nitrogens with zero attached hydrogens (tertiary/aromatic N) is 5. The topological polar surface area (TPSA) is 120 Å². The van der Waals surface area contributed by atoms with Gasteiger partial charge in [-0.05, 0) is 35.4 Å². The van der Waals surface area contributed by atoms with E-state index in [-0.39, 0.29) is 51.3 Å². The second-order valence-corrected chi connectivity index (χ2v) is 9.91. The van der Waals surface area contributed by atoms with Gasteiger partial charge in [-0.1, -0.05) is 70.9 Å². The van der Waals surface area contributed by atoms with E-state index in [0.29, 0.717) is 5.56 Å². The van der Waals surface area contributed by atoms with E-state index in [1.54, 1.807) is 12.1 Å². The zero-order valence-corrected chi connectivity index (χ0v) is 22.6. The number of hydrogen-bond acceptors (Lipinski definition) is 6. The summed E-state index contributed by atoms with van der Waals surface area (Å²) >= 11 is 11.9. The van der Waals surface area contributed by atoms with E-state index < -0.39 is 23.4 Å². The number of carboxylic acids is 1. The monoisotopic (exact) mass is 591 g/mol. The highest BCUT2D eigenvalue weighted by Crippen LogP contribution is 2.32. The number of Topliss-reactive ketones (excluding diaryl/α,β-unsaturated/α-hetero) is 1.